The van der Waals surface area contributed by atoms with Crippen molar-refractivity contribution < 1.29 is 4.79 Å². The van der Waals surface area contributed by atoms with Gasteiger partial charge in [-0.25, -0.2) is 0 Å². The maximum absolute atomic E-state index is 12.4. The van der Waals surface area contributed by atoms with Crippen molar-refractivity contribution >= 4 is 40.6 Å². The monoisotopic (exact) mass is 340 g/mol. The third-order valence-electron chi connectivity index (χ3n) is 3.09. The molecule has 0 fully saturated rings. The Morgan fingerprint density at radius 2 is 1.86 bits per heavy atom. The smallest absolute Gasteiger partial charge is 0.253 e. The van der Waals surface area contributed by atoms with Crippen molar-refractivity contribution in [3.8, 4) is 6.07 Å². The molecule has 108 valence electrons. The molecular formula is C15H11Cl3N2O. The molecule has 6 heteroatoms. The van der Waals surface area contributed by atoms with Crippen molar-refractivity contribution in [2.24, 2.45) is 0 Å². The fourth-order valence-corrected chi connectivity index (χ4v) is 2.57. The highest BCUT2D eigenvalue weighted by Gasteiger charge is 2.39. The van der Waals surface area contributed by atoms with Crippen molar-refractivity contribution in [1.29, 1.82) is 5.26 Å². The van der Waals surface area contributed by atoms with E-state index in [0.717, 1.165) is 5.56 Å². The van der Waals surface area contributed by atoms with E-state index in [2.05, 4.69) is 6.07 Å². The Morgan fingerprint density at radius 1 is 1.24 bits per heavy atom. The van der Waals surface area contributed by atoms with Gasteiger partial charge in [0.2, 0.25) is 5.78 Å². The molecular weight excluding hydrogens is 331 g/mol. The number of halogens is 3. The Bertz CT molecular complexity index is 654. The lowest BCUT2D eigenvalue weighted by Gasteiger charge is -2.28. The topological polar surface area (TPSA) is 44.1 Å². The SMILES string of the molecule is CN1C=C(C#N)C(c2ccccc2)C(C(=O)C(Cl)(Cl)Cl)=C1. The molecule has 1 aromatic carbocycles. The van der Waals surface area contributed by atoms with E-state index in [4.69, 9.17) is 34.8 Å². The zero-order valence-corrected chi connectivity index (χ0v) is 13.3. The van der Waals surface area contributed by atoms with Crippen LogP contribution in [0, 0.1) is 11.3 Å². The maximum Gasteiger partial charge on any atom is 0.253 e. The molecule has 1 aliphatic heterocycles. The molecule has 0 saturated heterocycles. The fraction of sp³-hybridized carbons (Fsp3) is 0.200. The van der Waals surface area contributed by atoms with Crippen molar-refractivity contribution in [3.63, 3.8) is 0 Å². The van der Waals surface area contributed by atoms with Crippen LogP contribution in [0.15, 0.2) is 53.9 Å². The molecule has 1 heterocycles. The van der Waals surface area contributed by atoms with Crippen LogP contribution in [0.1, 0.15) is 11.5 Å². The summed E-state index contributed by atoms with van der Waals surface area (Å²) in [5, 5.41) is 9.36. The van der Waals surface area contributed by atoms with E-state index in [1.165, 1.54) is 0 Å². The normalized spacial score (nSPS) is 18.6. The molecule has 0 saturated carbocycles. The third kappa shape index (κ3) is 3.41. The van der Waals surface area contributed by atoms with E-state index in [1.54, 1.807) is 24.3 Å². The number of carbonyl (C=O) groups is 1. The van der Waals surface area contributed by atoms with Gasteiger partial charge in [-0.05, 0) is 5.56 Å². The van der Waals surface area contributed by atoms with E-state index in [1.807, 2.05) is 30.3 Å². The first kappa shape index (κ1) is 15.9. The van der Waals surface area contributed by atoms with Gasteiger partial charge in [0, 0.05) is 25.0 Å². The summed E-state index contributed by atoms with van der Waals surface area (Å²) in [6.45, 7) is 0. The van der Waals surface area contributed by atoms with Crippen molar-refractivity contribution in [2.75, 3.05) is 7.05 Å². The molecule has 1 atom stereocenters. The van der Waals surface area contributed by atoms with Crippen LogP contribution in [-0.4, -0.2) is 21.5 Å². The van der Waals surface area contributed by atoms with Crippen molar-refractivity contribution in [1.82, 2.24) is 4.90 Å². The number of allylic oxidation sites excluding steroid dienone is 2. The molecule has 1 aromatic rings. The maximum atomic E-state index is 12.4. The predicted octanol–water partition coefficient (Wildman–Crippen LogP) is 3.95. The molecule has 0 radical (unpaired) electrons. The van der Waals surface area contributed by atoms with E-state index < -0.39 is 15.5 Å². The first-order chi connectivity index (χ1) is 9.84. The van der Waals surface area contributed by atoms with Crippen LogP contribution in [0.25, 0.3) is 0 Å². The highest BCUT2D eigenvalue weighted by Crippen LogP contribution is 2.40. The second-order valence-corrected chi connectivity index (χ2v) is 6.90. The lowest BCUT2D eigenvalue weighted by atomic mass is 9.82. The summed E-state index contributed by atoms with van der Waals surface area (Å²) >= 11 is 17.2. The molecule has 3 nitrogen and oxygen atoms in total. The van der Waals surface area contributed by atoms with Gasteiger partial charge in [0.1, 0.15) is 0 Å². The minimum absolute atomic E-state index is 0.280. The minimum atomic E-state index is -2.06. The molecule has 2 rings (SSSR count). The zero-order chi connectivity index (χ0) is 15.6. The summed E-state index contributed by atoms with van der Waals surface area (Å²) in [6.07, 6.45) is 3.25. The van der Waals surface area contributed by atoms with Crippen molar-refractivity contribution in [3.05, 3.63) is 59.4 Å². The van der Waals surface area contributed by atoms with E-state index in [0.29, 0.717) is 5.57 Å². The van der Waals surface area contributed by atoms with Gasteiger partial charge in [-0.3, -0.25) is 4.79 Å². The highest BCUT2D eigenvalue weighted by atomic mass is 35.6. The molecule has 0 amide bonds. The Balaban J connectivity index is 2.55. The van der Waals surface area contributed by atoms with Gasteiger partial charge >= 0.3 is 0 Å². The molecule has 0 N–H and O–H groups in total. The lowest BCUT2D eigenvalue weighted by molar-refractivity contribution is -0.115. The average Bonchev–Trinajstić information content (AvgIpc) is 2.45. The van der Waals surface area contributed by atoms with Gasteiger partial charge in [-0.1, -0.05) is 65.1 Å². The summed E-state index contributed by atoms with van der Waals surface area (Å²) in [5.74, 6) is -1.16. The van der Waals surface area contributed by atoms with Crippen LogP contribution in [0.3, 0.4) is 0 Å². The number of hydrogen-bond donors (Lipinski definition) is 0. The van der Waals surface area contributed by atoms with E-state index in [9.17, 15) is 10.1 Å². The van der Waals surface area contributed by atoms with Crippen LogP contribution in [-0.2, 0) is 4.79 Å². The first-order valence-electron chi connectivity index (χ1n) is 6.06. The van der Waals surface area contributed by atoms with E-state index in [-0.39, 0.29) is 5.57 Å². The van der Waals surface area contributed by atoms with Gasteiger partial charge in [0.15, 0.2) is 0 Å². The largest absolute Gasteiger partial charge is 0.356 e. The summed E-state index contributed by atoms with van der Waals surface area (Å²) in [4.78, 5) is 14.0. The summed E-state index contributed by atoms with van der Waals surface area (Å²) < 4.78 is -2.06. The highest BCUT2D eigenvalue weighted by molar-refractivity contribution is 6.77. The number of rotatable bonds is 2. The average molecular weight is 342 g/mol. The number of hydrogen-bond acceptors (Lipinski definition) is 3. The number of nitrogens with zero attached hydrogens (tertiary/aromatic N) is 2. The Kier molecular flexibility index (Phi) is 4.63. The lowest BCUT2D eigenvalue weighted by Crippen LogP contribution is -2.29. The molecule has 0 bridgehead atoms. The third-order valence-corrected chi connectivity index (χ3v) is 3.60. The van der Waals surface area contributed by atoms with Gasteiger partial charge < -0.3 is 4.90 Å². The minimum Gasteiger partial charge on any atom is -0.356 e. The second kappa shape index (κ2) is 6.11. The van der Waals surface area contributed by atoms with Gasteiger partial charge in [-0.2, -0.15) is 5.26 Å². The van der Waals surface area contributed by atoms with Crippen LogP contribution in [0.4, 0.5) is 0 Å². The Labute approximate surface area is 138 Å². The van der Waals surface area contributed by atoms with Crippen LogP contribution >= 0.6 is 34.8 Å². The van der Waals surface area contributed by atoms with Gasteiger partial charge in [-0.15, -0.1) is 0 Å². The number of carbonyl (C=O) groups excluding carboxylic acids is 1. The number of benzene rings is 1. The standard InChI is InChI=1S/C15H11Cl3N2O/c1-20-8-11(7-19)13(10-5-3-2-4-6-10)12(9-20)14(21)15(16,17)18/h2-6,8-9,13H,1H3. The fourth-order valence-electron chi connectivity index (χ4n) is 2.24. The Hall–Kier alpha value is -1.47. The van der Waals surface area contributed by atoms with Crippen LogP contribution in [0.5, 0.6) is 0 Å². The van der Waals surface area contributed by atoms with Gasteiger partial charge in [0.05, 0.1) is 17.6 Å². The Morgan fingerprint density at radius 3 is 2.38 bits per heavy atom. The number of nitriles is 1. The molecule has 0 aliphatic carbocycles. The number of ketones is 1. The molecule has 1 aliphatic rings. The summed E-state index contributed by atoms with van der Waals surface area (Å²) in [7, 11) is 1.71. The summed E-state index contributed by atoms with van der Waals surface area (Å²) in [5.41, 5.74) is 1.50. The van der Waals surface area contributed by atoms with E-state index >= 15 is 0 Å². The second-order valence-electron chi connectivity index (χ2n) is 4.62. The van der Waals surface area contributed by atoms with Gasteiger partial charge in [0.25, 0.3) is 3.79 Å². The number of alkyl halides is 3. The number of Topliss-reactive ketones (excluding diaryl/α,β-unsaturated/α-hetero) is 1. The molecule has 21 heavy (non-hydrogen) atoms. The first-order valence-corrected chi connectivity index (χ1v) is 7.20. The van der Waals surface area contributed by atoms with Crippen molar-refractivity contribution in [2.45, 2.75) is 9.71 Å². The molecule has 1 unspecified atom stereocenters. The van der Waals surface area contributed by atoms with Crippen LogP contribution in [0.2, 0.25) is 0 Å². The predicted molar refractivity (Wildman–Crippen MR) is 84.0 cm³/mol. The zero-order valence-electron chi connectivity index (χ0n) is 11.1. The molecule has 0 aromatic heterocycles. The van der Waals surface area contributed by atoms with Crippen LogP contribution < -0.4 is 0 Å². The quantitative estimate of drug-likeness (QED) is 0.765. The molecule has 0 spiro atoms. The summed E-state index contributed by atoms with van der Waals surface area (Å²) in [6, 6.07) is 11.3.